The van der Waals surface area contributed by atoms with Crippen LogP contribution in [0.25, 0.3) is 0 Å². The molecule has 0 nitrogen and oxygen atoms in total. The first-order valence-electron chi connectivity index (χ1n) is 6.03. The van der Waals surface area contributed by atoms with Gasteiger partial charge in [0, 0.05) is 0 Å². The average molecular weight is 283 g/mol. The summed E-state index contributed by atoms with van der Waals surface area (Å²) in [5, 5.41) is 1.24. The summed E-state index contributed by atoms with van der Waals surface area (Å²) >= 11 is 11.3. The fourth-order valence-corrected chi connectivity index (χ4v) is 1.49. The van der Waals surface area contributed by atoms with E-state index in [2.05, 4.69) is 19.1 Å². The predicted octanol–water partition coefficient (Wildman–Crippen LogP) is 6.32. The predicted molar refractivity (Wildman–Crippen MR) is 83.7 cm³/mol. The highest BCUT2D eigenvalue weighted by Crippen LogP contribution is 2.21. The van der Waals surface area contributed by atoms with E-state index in [1.54, 1.807) is 6.07 Å². The van der Waals surface area contributed by atoms with Crippen molar-refractivity contribution in [2.75, 3.05) is 0 Å². The number of benzene rings is 2. The number of halogens is 2. The first kappa shape index (κ1) is 17.0. The summed E-state index contributed by atoms with van der Waals surface area (Å²) in [5.74, 6) is 0. The fourth-order valence-electron chi connectivity index (χ4n) is 1.14. The molecular formula is C16H20Cl2. The normalized spacial score (nSPS) is 8.56. The molecule has 0 unspecified atom stereocenters. The van der Waals surface area contributed by atoms with Crippen molar-refractivity contribution in [3.05, 3.63) is 69.7 Å². The van der Waals surface area contributed by atoms with Crippen LogP contribution in [-0.2, 0) is 0 Å². The van der Waals surface area contributed by atoms with Gasteiger partial charge in [0.1, 0.15) is 0 Å². The third-order valence-corrected chi connectivity index (χ3v) is 2.75. The highest BCUT2D eigenvalue weighted by atomic mass is 35.5. The first-order chi connectivity index (χ1) is 8.59. The van der Waals surface area contributed by atoms with Gasteiger partial charge in [0.2, 0.25) is 0 Å². The SMILES string of the molecule is CC.Cc1ccc(Cl)c(Cl)c1.Cc1ccccc1. The van der Waals surface area contributed by atoms with Crippen molar-refractivity contribution in [3.63, 3.8) is 0 Å². The second-order valence-corrected chi connectivity index (χ2v) is 4.39. The van der Waals surface area contributed by atoms with Crippen molar-refractivity contribution in [3.8, 4) is 0 Å². The molecule has 98 valence electrons. The molecule has 0 aromatic heterocycles. The van der Waals surface area contributed by atoms with Crippen molar-refractivity contribution in [2.45, 2.75) is 27.7 Å². The quantitative estimate of drug-likeness (QED) is 0.530. The molecule has 0 bridgehead atoms. The molecule has 2 heteroatoms. The summed E-state index contributed by atoms with van der Waals surface area (Å²) in [6, 6.07) is 15.8. The van der Waals surface area contributed by atoms with Crippen LogP contribution in [0.15, 0.2) is 48.5 Å². The van der Waals surface area contributed by atoms with Gasteiger partial charge in [0.15, 0.2) is 0 Å². The minimum Gasteiger partial charge on any atom is -0.0827 e. The second kappa shape index (κ2) is 9.99. The summed E-state index contributed by atoms with van der Waals surface area (Å²) < 4.78 is 0. The van der Waals surface area contributed by atoms with Gasteiger partial charge in [-0.15, -0.1) is 0 Å². The maximum atomic E-state index is 5.68. The zero-order valence-corrected chi connectivity index (χ0v) is 12.9. The lowest BCUT2D eigenvalue weighted by atomic mass is 10.2. The number of hydrogen-bond donors (Lipinski definition) is 0. The van der Waals surface area contributed by atoms with Gasteiger partial charge in [0.25, 0.3) is 0 Å². The lowest BCUT2D eigenvalue weighted by Gasteiger charge is -1.94. The van der Waals surface area contributed by atoms with E-state index in [0.29, 0.717) is 10.0 Å². The molecule has 0 saturated carbocycles. The summed E-state index contributed by atoms with van der Waals surface area (Å²) in [6.45, 7) is 8.06. The minimum atomic E-state index is 0.613. The molecule has 18 heavy (non-hydrogen) atoms. The number of hydrogen-bond acceptors (Lipinski definition) is 0. The Hall–Kier alpha value is -0.980. The standard InChI is InChI=1S/C7H6Cl2.C7H8.C2H6/c1-5-2-3-6(8)7(9)4-5;1-7-5-3-2-4-6-7;1-2/h2-4H,1H3;2-6H,1H3;1-2H3. The molecule has 2 aromatic carbocycles. The van der Waals surface area contributed by atoms with E-state index < -0.39 is 0 Å². The van der Waals surface area contributed by atoms with E-state index in [9.17, 15) is 0 Å². The summed E-state index contributed by atoms with van der Waals surface area (Å²) in [4.78, 5) is 0. The van der Waals surface area contributed by atoms with Gasteiger partial charge in [-0.3, -0.25) is 0 Å². The molecular weight excluding hydrogens is 263 g/mol. The smallest absolute Gasteiger partial charge is 0.0594 e. The van der Waals surface area contributed by atoms with E-state index >= 15 is 0 Å². The van der Waals surface area contributed by atoms with Crippen molar-refractivity contribution in [1.82, 2.24) is 0 Å². The lowest BCUT2D eigenvalue weighted by Crippen LogP contribution is -1.70. The second-order valence-electron chi connectivity index (χ2n) is 3.57. The van der Waals surface area contributed by atoms with Crippen LogP contribution in [-0.4, -0.2) is 0 Å². The minimum absolute atomic E-state index is 0.613. The van der Waals surface area contributed by atoms with Gasteiger partial charge in [-0.2, -0.15) is 0 Å². The molecule has 0 fully saturated rings. The van der Waals surface area contributed by atoms with Crippen molar-refractivity contribution >= 4 is 23.2 Å². The van der Waals surface area contributed by atoms with Gasteiger partial charge in [-0.05, 0) is 31.5 Å². The molecule has 0 amide bonds. The highest BCUT2D eigenvalue weighted by Gasteiger charge is 1.93. The third kappa shape index (κ3) is 7.37. The van der Waals surface area contributed by atoms with Crippen LogP contribution in [0.5, 0.6) is 0 Å². The zero-order valence-electron chi connectivity index (χ0n) is 11.4. The summed E-state index contributed by atoms with van der Waals surface area (Å²) in [7, 11) is 0. The maximum absolute atomic E-state index is 5.68. The Morgan fingerprint density at radius 1 is 0.667 bits per heavy atom. The molecule has 0 radical (unpaired) electrons. The Kier molecular flexibility index (Phi) is 9.45. The van der Waals surface area contributed by atoms with Crippen LogP contribution in [0.4, 0.5) is 0 Å². The van der Waals surface area contributed by atoms with E-state index in [4.69, 9.17) is 23.2 Å². The molecule has 0 aliphatic carbocycles. The van der Waals surface area contributed by atoms with E-state index in [0.717, 1.165) is 5.56 Å². The molecule has 0 heterocycles. The zero-order chi connectivity index (χ0) is 14.0. The van der Waals surface area contributed by atoms with E-state index in [1.165, 1.54) is 5.56 Å². The van der Waals surface area contributed by atoms with Crippen LogP contribution >= 0.6 is 23.2 Å². The molecule has 2 aromatic rings. The monoisotopic (exact) mass is 282 g/mol. The third-order valence-electron chi connectivity index (χ3n) is 2.02. The van der Waals surface area contributed by atoms with Crippen molar-refractivity contribution in [2.24, 2.45) is 0 Å². The molecule has 2 rings (SSSR count). The molecule has 0 atom stereocenters. The van der Waals surface area contributed by atoms with Crippen LogP contribution in [0.3, 0.4) is 0 Å². The van der Waals surface area contributed by atoms with Crippen LogP contribution in [0.2, 0.25) is 10.0 Å². The number of aryl methyl sites for hydroxylation is 2. The van der Waals surface area contributed by atoms with Crippen molar-refractivity contribution < 1.29 is 0 Å². The molecule has 0 aliphatic heterocycles. The maximum Gasteiger partial charge on any atom is 0.0594 e. The molecule has 0 spiro atoms. The first-order valence-corrected chi connectivity index (χ1v) is 6.78. The Bertz CT molecular complexity index is 436. The van der Waals surface area contributed by atoms with Gasteiger partial charge >= 0.3 is 0 Å². The molecule has 0 aliphatic rings. The summed E-state index contributed by atoms with van der Waals surface area (Å²) in [5.41, 5.74) is 2.45. The Morgan fingerprint density at radius 3 is 1.56 bits per heavy atom. The highest BCUT2D eigenvalue weighted by molar-refractivity contribution is 6.41. The topological polar surface area (TPSA) is 0 Å². The Labute approximate surface area is 121 Å². The summed E-state index contributed by atoms with van der Waals surface area (Å²) in [6.07, 6.45) is 0. The van der Waals surface area contributed by atoms with Gasteiger partial charge in [0.05, 0.1) is 10.0 Å². The largest absolute Gasteiger partial charge is 0.0827 e. The van der Waals surface area contributed by atoms with Gasteiger partial charge in [-0.25, -0.2) is 0 Å². The lowest BCUT2D eigenvalue weighted by molar-refractivity contribution is 1.47. The Balaban J connectivity index is 0.000000289. The molecule has 0 saturated heterocycles. The van der Waals surface area contributed by atoms with Gasteiger partial charge in [-0.1, -0.05) is 79.0 Å². The van der Waals surface area contributed by atoms with Crippen molar-refractivity contribution in [1.29, 1.82) is 0 Å². The van der Waals surface area contributed by atoms with Gasteiger partial charge < -0.3 is 0 Å². The van der Waals surface area contributed by atoms with E-state index in [-0.39, 0.29) is 0 Å². The van der Waals surface area contributed by atoms with Crippen LogP contribution in [0, 0.1) is 13.8 Å². The van der Waals surface area contributed by atoms with Crippen LogP contribution in [0.1, 0.15) is 25.0 Å². The van der Waals surface area contributed by atoms with Crippen LogP contribution < -0.4 is 0 Å². The molecule has 0 N–H and O–H groups in total. The average Bonchev–Trinajstić information content (AvgIpc) is 2.38. The fraction of sp³-hybridized carbons (Fsp3) is 0.250. The number of rotatable bonds is 0. The Morgan fingerprint density at radius 2 is 1.22 bits per heavy atom. The van der Waals surface area contributed by atoms with E-state index in [1.807, 2.05) is 51.1 Å².